The minimum atomic E-state index is -2.55. The van der Waals surface area contributed by atoms with Gasteiger partial charge in [0.15, 0.2) is 0 Å². The molecule has 28 heavy (non-hydrogen) atoms. The molecule has 3 aliphatic rings. The summed E-state index contributed by atoms with van der Waals surface area (Å²) < 4.78 is 28.7. The van der Waals surface area contributed by atoms with Crippen LogP contribution in [0.15, 0.2) is 30.3 Å². The quantitative estimate of drug-likeness (QED) is 0.634. The second-order valence-electron chi connectivity index (χ2n) is 10.8. The van der Waals surface area contributed by atoms with E-state index in [1.165, 1.54) is 13.0 Å². The highest BCUT2D eigenvalue weighted by Crippen LogP contribution is 2.52. The molecule has 2 saturated heterocycles. The number of hydrogen-bond acceptors (Lipinski definition) is 2. The van der Waals surface area contributed by atoms with Gasteiger partial charge in [-0.1, -0.05) is 30.3 Å². The fourth-order valence-corrected chi connectivity index (χ4v) is 6.19. The Bertz CT molecular complexity index is 684. The first-order valence-electron chi connectivity index (χ1n) is 11.0. The Hall–Kier alpha value is -1.00. The molecule has 4 rings (SSSR count). The summed E-state index contributed by atoms with van der Waals surface area (Å²) in [5.41, 5.74) is 1.29. The summed E-state index contributed by atoms with van der Waals surface area (Å²) in [6.07, 6.45) is 3.49. The van der Waals surface area contributed by atoms with E-state index in [1.54, 1.807) is 0 Å². The zero-order valence-electron chi connectivity index (χ0n) is 17.9. The molecule has 1 aromatic rings. The highest BCUT2D eigenvalue weighted by molar-refractivity contribution is 5.22. The zero-order valence-corrected chi connectivity index (χ0v) is 17.9. The van der Waals surface area contributed by atoms with Crippen molar-refractivity contribution in [1.29, 1.82) is 0 Å². The summed E-state index contributed by atoms with van der Waals surface area (Å²) >= 11 is 0. The first kappa shape index (κ1) is 20.3. The molecule has 0 bridgehead atoms. The van der Waals surface area contributed by atoms with Crippen molar-refractivity contribution in [3.05, 3.63) is 35.9 Å². The third-order valence-corrected chi connectivity index (χ3v) is 7.71. The van der Waals surface area contributed by atoms with Gasteiger partial charge in [-0.15, -0.1) is 0 Å². The van der Waals surface area contributed by atoms with E-state index >= 15 is 0 Å². The van der Waals surface area contributed by atoms with Crippen LogP contribution in [0.1, 0.15) is 71.4 Å². The van der Waals surface area contributed by atoms with Gasteiger partial charge in [0.1, 0.15) is 0 Å². The lowest BCUT2D eigenvalue weighted by Gasteiger charge is -2.49. The van der Waals surface area contributed by atoms with Crippen LogP contribution >= 0.6 is 0 Å². The van der Waals surface area contributed by atoms with E-state index in [0.717, 1.165) is 30.9 Å². The lowest BCUT2D eigenvalue weighted by molar-refractivity contribution is -0.106. The number of piperidine rings is 2. The molecular weight excluding hydrogens is 354 g/mol. The SMILES string of the molecule is CC(C)(C)N1CCC2CC(C)(N3CCC(F)(F)C[C@@H]3c3ccccc3)CC2C1. The zero-order chi connectivity index (χ0) is 20.2. The molecule has 0 N–H and O–H groups in total. The Morgan fingerprint density at radius 3 is 2.32 bits per heavy atom. The van der Waals surface area contributed by atoms with Gasteiger partial charge in [-0.3, -0.25) is 9.80 Å². The molecule has 0 radical (unpaired) electrons. The van der Waals surface area contributed by atoms with Crippen LogP contribution in [0.2, 0.25) is 0 Å². The van der Waals surface area contributed by atoms with Crippen LogP contribution in [-0.4, -0.2) is 46.4 Å². The lowest BCUT2D eigenvalue weighted by atomic mass is 9.85. The van der Waals surface area contributed by atoms with Gasteiger partial charge in [-0.25, -0.2) is 8.78 Å². The van der Waals surface area contributed by atoms with Crippen LogP contribution in [0.5, 0.6) is 0 Å². The van der Waals surface area contributed by atoms with E-state index in [9.17, 15) is 8.78 Å². The van der Waals surface area contributed by atoms with E-state index < -0.39 is 5.92 Å². The molecular formula is C24H36F2N2. The highest BCUT2D eigenvalue weighted by Gasteiger charge is 2.53. The maximum absolute atomic E-state index is 14.4. The molecule has 4 atom stereocenters. The predicted molar refractivity (Wildman–Crippen MR) is 111 cm³/mol. The topological polar surface area (TPSA) is 6.48 Å². The van der Waals surface area contributed by atoms with E-state index in [1.807, 2.05) is 30.3 Å². The van der Waals surface area contributed by atoms with E-state index in [2.05, 4.69) is 37.5 Å². The summed E-state index contributed by atoms with van der Waals surface area (Å²) in [6.45, 7) is 12.1. The largest absolute Gasteiger partial charge is 0.298 e. The molecule has 0 aromatic heterocycles. The number of benzene rings is 1. The van der Waals surface area contributed by atoms with Crippen molar-refractivity contribution in [3.63, 3.8) is 0 Å². The fourth-order valence-electron chi connectivity index (χ4n) is 6.19. The first-order valence-corrected chi connectivity index (χ1v) is 11.0. The second-order valence-corrected chi connectivity index (χ2v) is 10.8. The third-order valence-electron chi connectivity index (χ3n) is 7.71. The Balaban J connectivity index is 1.57. The predicted octanol–water partition coefficient (Wildman–Crippen LogP) is 5.75. The van der Waals surface area contributed by atoms with Gasteiger partial charge in [0, 0.05) is 43.1 Å². The van der Waals surface area contributed by atoms with Crippen LogP contribution in [0.25, 0.3) is 0 Å². The van der Waals surface area contributed by atoms with E-state index in [-0.39, 0.29) is 30.0 Å². The molecule has 3 fully saturated rings. The molecule has 0 amide bonds. The van der Waals surface area contributed by atoms with Crippen LogP contribution < -0.4 is 0 Å². The third kappa shape index (κ3) is 3.87. The van der Waals surface area contributed by atoms with Gasteiger partial charge in [-0.05, 0) is 70.9 Å². The van der Waals surface area contributed by atoms with Crippen molar-refractivity contribution in [3.8, 4) is 0 Å². The Labute approximate surface area is 169 Å². The first-order chi connectivity index (χ1) is 13.1. The highest BCUT2D eigenvalue weighted by atomic mass is 19.3. The smallest absolute Gasteiger partial charge is 0.251 e. The normalized spacial score (nSPS) is 37.0. The van der Waals surface area contributed by atoms with Gasteiger partial charge in [0.05, 0.1) is 0 Å². The van der Waals surface area contributed by atoms with Crippen molar-refractivity contribution >= 4 is 0 Å². The molecule has 2 nitrogen and oxygen atoms in total. The number of fused-ring (bicyclic) bond motifs is 1. The molecule has 1 saturated carbocycles. The number of likely N-dealkylation sites (tertiary alicyclic amines) is 2. The maximum Gasteiger partial charge on any atom is 0.251 e. The standard InChI is InChI=1S/C24H36F2N2/c1-22(2,3)27-12-10-19-14-23(4,15-20(19)17-27)28-13-11-24(25,26)16-21(28)18-8-6-5-7-9-18/h5-9,19-21H,10-17H2,1-4H3/t19?,20?,21-,23?/m1/s1. The summed E-state index contributed by atoms with van der Waals surface area (Å²) in [5.74, 6) is -1.12. The molecule has 1 aromatic carbocycles. The van der Waals surface area contributed by atoms with Crippen molar-refractivity contribution in [2.45, 2.75) is 82.8 Å². The molecule has 156 valence electrons. The van der Waals surface area contributed by atoms with E-state index in [0.29, 0.717) is 12.5 Å². The average Bonchev–Trinajstić information content (AvgIpc) is 2.97. The van der Waals surface area contributed by atoms with Crippen LogP contribution in [0.4, 0.5) is 8.78 Å². The monoisotopic (exact) mass is 390 g/mol. The van der Waals surface area contributed by atoms with Gasteiger partial charge in [0.25, 0.3) is 5.92 Å². The maximum atomic E-state index is 14.4. The van der Waals surface area contributed by atoms with Gasteiger partial charge >= 0.3 is 0 Å². The summed E-state index contributed by atoms with van der Waals surface area (Å²) in [7, 11) is 0. The number of halogens is 2. The van der Waals surface area contributed by atoms with Crippen molar-refractivity contribution < 1.29 is 8.78 Å². The van der Waals surface area contributed by atoms with Crippen LogP contribution in [-0.2, 0) is 0 Å². The Morgan fingerprint density at radius 1 is 0.964 bits per heavy atom. The average molecular weight is 391 g/mol. The molecule has 2 heterocycles. The second kappa shape index (κ2) is 7.05. The Morgan fingerprint density at radius 2 is 1.64 bits per heavy atom. The minimum Gasteiger partial charge on any atom is -0.298 e. The van der Waals surface area contributed by atoms with Gasteiger partial charge in [0.2, 0.25) is 0 Å². The Kier molecular flexibility index (Phi) is 5.11. The molecule has 1 aliphatic carbocycles. The molecule has 4 heteroatoms. The molecule has 2 aliphatic heterocycles. The molecule has 3 unspecified atom stereocenters. The lowest BCUT2D eigenvalue weighted by Crippen LogP contribution is -2.52. The van der Waals surface area contributed by atoms with Crippen LogP contribution in [0, 0.1) is 11.8 Å². The van der Waals surface area contributed by atoms with Crippen molar-refractivity contribution in [1.82, 2.24) is 9.80 Å². The molecule has 0 spiro atoms. The number of nitrogens with zero attached hydrogens (tertiary/aromatic N) is 2. The number of hydrogen-bond donors (Lipinski definition) is 0. The summed E-state index contributed by atoms with van der Waals surface area (Å²) in [6, 6.07) is 9.84. The minimum absolute atomic E-state index is 0.00459. The fraction of sp³-hybridized carbons (Fsp3) is 0.750. The summed E-state index contributed by atoms with van der Waals surface area (Å²) in [5, 5.41) is 0. The van der Waals surface area contributed by atoms with Gasteiger partial charge < -0.3 is 0 Å². The van der Waals surface area contributed by atoms with Gasteiger partial charge in [-0.2, -0.15) is 0 Å². The number of rotatable bonds is 2. The van der Waals surface area contributed by atoms with E-state index in [4.69, 9.17) is 0 Å². The van der Waals surface area contributed by atoms with Crippen molar-refractivity contribution in [2.24, 2.45) is 11.8 Å². The summed E-state index contributed by atoms with van der Waals surface area (Å²) in [4.78, 5) is 5.08. The van der Waals surface area contributed by atoms with Crippen molar-refractivity contribution in [2.75, 3.05) is 19.6 Å². The van der Waals surface area contributed by atoms with Crippen LogP contribution in [0.3, 0.4) is 0 Å². The number of alkyl halides is 2.